The van der Waals surface area contributed by atoms with Gasteiger partial charge < -0.3 is 4.57 Å². The van der Waals surface area contributed by atoms with E-state index >= 15 is 0 Å². The van der Waals surface area contributed by atoms with Gasteiger partial charge in [0.05, 0.1) is 0 Å². The molecule has 1 aliphatic rings. The van der Waals surface area contributed by atoms with Crippen molar-refractivity contribution < 1.29 is 0 Å². The van der Waals surface area contributed by atoms with Crippen LogP contribution < -0.4 is 0 Å². The molecule has 118 valence electrons. The number of rotatable bonds is 5. The molecule has 3 rings (SSSR count). The fourth-order valence-corrected chi connectivity index (χ4v) is 3.13. The lowest BCUT2D eigenvalue weighted by Crippen LogP contribution is -2.46. The Balaban J connectivity index is 1.43. The van der Waals surface area contributed by atoms with Crippen LogP contribution >= 0.6 is 0 Å². The van der Waals surface area contributed by atoms with Crippen molar-refractivity contribution in [3.8, 4) is 0 Å². The summed E-state index contributed by atoms with van der Waals surface area (Å²) in [5.41, 5.74) is 2.79. The van der Waals surface area contributed by atoms with E-state index in [4.69, 9.17) is 0 Å². The molecule has 1 aromatic carbocycles. The molecule has 22 heavy (non-hydrogen) atoms. The number of benzene rings is 1. The molecule has 0 amide bonds. The lowest BCUT2D eigenvalue weighted by atomic mass is 10.1. The maximum absolute atomic E-state index is 4.28. The second-order valence-corrected chi connectivity index (χ2v) is 6.27. The summed E-state index contributed by atoms with van der Waals surface area (Å²) in [5, 5.41) is 0. The zero-order valence-electron chi connectivity index (χ0n) is 13.7. The third-order valence-corrected chi connectivity index (χ3v) is 4.53. The summed E-state index contributed by atoms with van der Waals surface area (Å²) >= 11 is 0. The highest BCUT2D eigenvalue weighted by atomic mass is 15.3. The Morgan fingerprint density at radius 2 is 1.77 bits per heavy atom. The fraction of sp³-hybridized carbons (Fsp3) is 0.500. The first kappa shape index (κ1) is 15.3. The van der Waals surface area contributed by atoms with Gasteiger partial charge in [-0.15, -0.1) is 0 Å². The maximum Gasteiger partial charge on any atom is 0.105 e. The molecule has 0 saturated carbocycles. The zero-order valence-corrected chi connectivity index (χ0v) is 13.7. The Bertz CT molecular complexity index is 597. The molecule has 1 fully saturated rings. The van der Waals surface area contributed by atoms with Crippen LogP contribution in [0.15, 0.2) is 36.7 Å². The Labute approximate surface area is 133 Å². The Morgan fingerprint density at radius 3 is 2.45 bits per heavy atom. The Morgan fingerprint density at radius 1 is 1.00 bits per heavy atom. The summed E-state index contributed by atoms with van der Waals surface area (Å²) in [6.07, 6.45) is 3.96. The van der Waals surface area contributed by atoms with Gasteiger partial charge in [0.1, 0.15) is 5.82 Å². The number of piperazine rings is 1. The second kappa shape index (κ2) is 7.07. The molecule has 1 aliphatic heterocycles. The molecule has 1 saturated heterocycles. The van der Waals surface area contributed by atoms with Crippen LogP contribution in [0.1, 0.15) is 17.0 Å². The van der Waals surface area contributed by atoms with Crippen LogP contribution in [0.4, 0.5) is 0 Å². The third-order valence-electron chi connectivity index (χ3n) is 4.53. The van der Waals surface area contributed by atoms with Crippen molar-refractivity contribution in [1.82, 2.24) is 19.4 Å². The van der Waals surface area contributed by atoms with Gasteiger partial charge in [0.25, 0.3) is 0 Å². The molecule has 0 bridgehead atoms. The van der Waals surface area contributed by atoms with Gasteiger partial charge in [-0.2, -0.15) is 0 Å². The van der Waals surface area contributed by atoms with Crippen LogP contribution in [0.3, 0.4) is 0 Å². The van der Waals surface area contributed by atoms with Crippen LogP contribution in [0.25, 0.3) is 0 Å². The van der Waals surface area contributed by atoms with Crippen molar-refractivity contribution in [3.05, 3.63) is 53.6 Å². The molecular formula is C18H26N4. The Kier molecular flexibility index (Phi) is 4.90. The van der Waals surface area contributed by atoms with Crippen molar-refractivity contribution in [1.29, 1.82) is 0 Å². The van der Waals surface area contributed by atoms with Gasteiger partial charge in [0.15, 0.2) is 0 Å². The molecule has 0 N–H and O–H groups in total. The topological polar surface area (TPSA) is 24.3 Å². The fourth-order valence-electron chi connectivity index (χ4n) is 3.13. The number of imidazole rings is 1. The van der Waals surface area contributed by atoms with Crippen LogP contribution in [0.2, 0.25) is 0 Å². The smallest absolute Gasteiger partial charge is 0.105 e. The highest BCUT2D eigenvalue weighted by Gasteiger charge is 2.16. The molecule has 0 spiro atoms. The van der Waals surface area contributed by atoms with Crippen LogP contribution in [0, 0.1) is 13.8 Å². The predicted molar refractivity (Wildman–Crippen MR) is 89.9 cm³/mol. The lowest BCUT2D eigenvalue weighted by Gasteiger charge is -2.34. The van der Waals surface area contributed by atoms with E-state index in [2.05, 4.69) is 63.7 Å². The second-order valence-electron chi connectivity index (χ2n) is 6.27. The molecule has 0 aliphatic carbocycles. The summed E-state index contributed by atoms with van der Waals surface area (Å²) in [6, 6.07) is 8.86. The van der Waals surface area contributed by atoms with E-state index in [-0.39, 0.29) is 0 Å². The molecule has 1 aromatic heterocycles. The zero-order chi connectivity index (χ0) is 15.4. The minimum absolute atomic E-state index is 1.05. The summed E-state index contributed by atoms with van der Waals surface area (Å²) in [5.74, 6) is 1.11. The Hall–Kier alpha value is -1.65. The van der Waals surface area contributed by atoms with Gasteiger partial charge in [0.2, 0.25) is 0 Å². The van der Waals surface area contributed by atoms with E-state index in [9.17, 15) is 0 Å². The molecule has 2 heterocycles. The van der Waals surface area contributed by atoms with Crippen molar-refractivity contribution >= 4 is 0 Å². The predicted octanol–water partition coefficient (Wildman–Crippen LogP) is 2.32. The summed E-state index contributed by atoms with van der Waals surface area (Å²) in [6.45, 7) is 12.1. The van der Waals surface area contributed by atoms with E-state index in [1.807, 2.05) is 6.20 Å². The molecule has 4 heteroatoms. The van der Waals surface area contributed by atoms with E-state index in [1.54, 1.807) is 0 Å². The highest BCUT2D eigenvalue weighted by molar-refractivity contribution is 5.22. The lowest BCUT2D eigenvalue weighted by molar-refractivity contribution is 0.124. The number of aromatic nitrogens is 2. The van der Waals surface area contributed by atoms with Gasteiger partial charge >= 0.3 is 0 Å². The maximum atomic E-state index is 4.28. The van der Waals surface area contributed by atoms with Crippen molar-refractivity contribution in [2.75, 3.05) is 32.7 Å². The van der Waals surface area contributed by atoms with Crippen molar-refractivity contribution in [2.45, 2.75) is 26.9 Å². The standard InChI is InChI=1S/C18H26N4/c1-16-4-3-5-18(14-16)15-21-10-8-20(9-11-21)12-13-22-7-6-19-17(22)2/h3-7,14H,8-13,15H2,1-2H3. The molecule has 0 radical (unpaired) electrons. The highest BCUT2D eigenvalue weighted by Crippen LogP contribution is 2.10. The van der Waals surface area contributed by atoms with Gasteiger partial charge in [-0.1, -0.05) is 29.8 Å². The third kappa shape index (κ3) is 3.96. The minimum Gasteiger partial charge on any atom is -0.334 e. The van der Waals surface area contributed by atoms with Gasteiger partial charge in [-0.05, 0) is 19.4 Å². The van der Waals surface area contributed by atoms with Gasteiger partial charge in [-0.3, -0.25) is 9.80 Å². The average molecular weight is 298 g/mol. The van der Waals surface area contributed by atoms with E-state index < -0.39 is 0 Å². The molecule has 2 aromatic rings. The largest absolute Gasteiger partial charge is 0.334 e. The van der Waals surface area contributed by atoms with Gasteiger partial charge in [0, 0.05) is 58.2 Å². The first-order valence-electron chi connectivity index (χ1n) is 8.19. The number of hydrogen-bond acceptors (Lipinski definition) is 3. The average Bonchev–Trinajstić information content (AvgIpc) is 2.92. The van der Waals surface area contributed by atoms with Crippen LogP contribution in [0.5, 0.6) is 0 Å². The van der Waals surface area contributed by atoms with Crippen LogP contribution in [-0.2, 0) is 13.1 Å². The molecule has 4 nitrogen and oxygen atoms in total. The molecular weight excluding hydrogens is 272 g/mol. The normalized spacial score (nSPS) is 17.0. The van der Waals surface area contributed by atoms with E-state index in [1.165, 1.54) is 24.2 Å². The van der Waals surface area contributed by atoms with Crippen LogP contribution in [-0.4, -0.2) is 52.1 Å². The first-order valence-corrected chi connectivity index (χ1v) is 8.19. The number of aryl methyl sites for hydroxylation is 2. The van der Waals surface area contributed by atoms with Crippen molar-refractivity contribution in [3.63, 3.8) is 0 Å². The molecule has 0 unspecified atom stereocenters. The monoisotopic (exact) mass is 298 g/mol. The number of nitrogens with zero attached hydrogens (tertiary/aromatic N) is 4. The summed E-state index contributed by atoms with van der Waals surface area (Å²) in [4.78, 5) is 9.41. The summed E-state index contributed by atoms with van der Waals surface area (Å²) < 4.78 is 2.24. The molecule has 0 atom stereocenters. The van der Waals surface area contributed by atoms with Crippen molar-refractivity contribution in [2.24, 2.45) is 0 Å². The minimum atomic E-state index is 1.05. The number of hydrogen-bond donors (Lipinski definition) is 0. The quantitative estimate of drug-likeness (QED) is 0.846. The first-order chi connectivity index (χ1) is 10.7. The SMILES string of the molecule is Cc1cccc(CN2CCN(CCn3ccnc3C)CC2)c1. The van der Waals surface area contributed by atoms with E-state index in [0.717, 1.165) is 38.5 Å². The van der Waals surface area contributed by atoms with E-state index in [0.29, 0.717) is 0 Å². The summed E-state index contributed by atoms with van der Waals surface area (Å²) in [7, 11) is 0. The van der Waals surface area contributed by atoms with Gasteiger partial charge in [-0.25, -0.2) is 4.98 Å².